The van der Waals surface area contributed by atoms with Crippen LogP contribution >= 0.6 is 22.9 Å². The summed E-state index contributed by atoms with van der Waals surface area (Å²) in [6.45, 7) is 3.94. The van der Waals surface area contributed by atoms with E-state index in [1.807, 2.05) is 31.2 Å². The minimum absolute atomic E-state index is 0.0113. The molecule has 0 saturated carbocycles. The van der Waals surface area contributed by atoms with Gasteiger partial charge in [0.15, 0.2) is 0 Å². The number of aromatic nitrogens is 1. The number of carbonyl (C=O) groups excluding carboxylic acids is 1. The predicted molar refractivity (Wildman–Crippen MR) is 95.3 cm³/mol. The number of hydrogen-bond donors (Lipinski definition) is 1. The van der Waals surface area contributed by atoms with Crippen LogP contribution in [0, 0.1) is 6.92 Å². The van der Waals surface area contributed by atoms with Crippen molar-refractivity contribution in [3.8, 4) is 10.6 Å². The Morgan fingerprint density at radius 3 is 2.83 bits per heavy atom. The lowest BCUT2D eigenvalue weighted by Gasteiger charge is -2.29. The van der Waals surface area contributed by atoms with E-state index in [-0.39, 0.29) is 11.9 Å². The summed E-state index contributed by atoms with van der Waals surface area (Å²) in [6, 6.07) is 7.82. The summed E-state index contributed by atoms with van der Waals surface area (Å²) in [5, 5.41) is 4.66. The lowest BCUT2D eigenvalue weighted by atomic mass is 10.1. The summed E-state index contributed by atoms with van der Waals surface area (Å²) >= 11 is 7.46. The van der Waals surface area contributed by atoms with Crippen LogP contribution in [0.4, 0.5) is 0 Å². The van der Waals surface area contributed by atoms with Crippen molar-refractivity contribution in [1.82, 2.24) is 15.2 Å². The van der Waals surface area contributed by atoms with Gasteiger partial charge in [-0.25, -0.2) is 4.98 Å². The van der Waals surface area contributed by atoms with Crippen LogP contribution in [0.15, 0.2) is 24.3 Å². The molecule has 23 heavy (non-hydrogen) atoms. The fraction of sp³-hybridized carbons (Fsp3) is 0.412. The average Bonchev–Trinajstić information content (AvgIpc) is 2.92. The van der Waals surface area contributed by atoms with Crippen molar-refractivity contribution in [3.05, 3.63) is 39.9 Å². The summed E-state index contributed by atoms with van der Waals surface area (Å²) < 4.78 is 0. The van der Waals surface area contributed by atoms with Crippen molar-refractivity contribution >= 4 is 28.8 Å². The molecule has 1 saturated heterocycles. The van der Waals surface area contributed by atoms with Gasteiger partial charge in [-0.1, -0.05) is 23.7 Å². The molecule has 1 aromatic carbocycles. The average molecular weight is 350 g/mol. The number of piperidine rings is 1. The standard InChI is InChI=1S/C17H20ClN3OS/c1-11-15(16(22)20-14-6-8-21(2)9-7-14)23-17(19-11)12-4-3-5-13(18)10-12/h3-5,10,14H,6-9H2,1-2H3,(H,20,22). The number of thiazole rings is 1. The predicted octanol–water partition coefficient (Wildman–Crippen LogP) is 3.60. The lowest BCUT2D eigenvalue weighted by molar-refractivity contribution is 0.0920. The molecule has 3 rings (SSSR count). The van der Waals surface area contributed by atoms with Gasteiger partial charge in [0.1, 0.15) is 9.88 Å². The zero-order valence-electron chi connectivity index (χ0n) is 13.3. The number of rotatable bonds is 3. The highest BCUT2D eigenvalue weighted by Gasteiger charge is 2.22. The highest BCUT2D eigenvalue weighted by Crippen LogP contribution is 2.29. The summed E-state index contributed by atoms with van der Waals surface area (Å²) in [5.74, 6) is -0.0113. The van der Waals surface area contributed by atoms with Crippen LogP contribution in [0.1, 0.15) is 28.2 Å². The molecule has 0 aliphatic carbocycles. The summed E-state index contributed by atoms with van der Waals surface area (Å²) in [5.41, 5.74) is 1.72. The number of amides is 1. The third-order valence-electron chi connectivity index (χ3n) is 4.13. The normalized spacial score (nSPS) is 16.5. The van der Waals surface area contributed by atoms with Gasteiger partial charge in [-0.2, -0.15) is 0 Å². The van der Waals surface area contributed by atoms with Crippen molar-refractivity contribution in [3.63, 3.8) is 0 Å². The van der Waals surface area contributed by atoms with Crippen LogP contribution in [0.5, 0.6) is 0 Å². The third kappa shape index (κ3) is 3.91. The van der Waals surface area contributed by atoms with E-state index in [1.54, 1.807) is 0 Å². The largest absolute Gasteiger partial charge is 0.348 e. The number of carbonyl (C=O) groups is 1. The van der Waals surface area contributed by atoms with Gasteiger partial charge in [0.2, 0.25) is 0 Å². The van der Waals surface area contributed by atoms with Gasteiger partial charge in [-0.15, -0.1) is 11.3 Å². The first kappa shape index (κ1) is 16.4. The van der Waals surface area contributed by atoms with Crippen LogP contribution < -0.4 is 5.32 Å². The van der Waals surface area contributed by atoms with Crippen LogP contribution in [0.2, 0.25) is 5.02 Å². The van der Waals surface area contributed by atoms with Crippen LogP contribution in [-0.4, -0.2) is 42.0 Å². The van der Waals surface area contributed by atoms with Gasteiger partial charge in [0, 0.05) is 16.6 Å². The minimum Gasteiger partial charge on any atom is -0.348 e. The van der Waals surface area contributed by atoms with E-state index in [1.165, 1.54) is 11.3 Å². The molecule has 6 heteroatoms. The molecule has 1 N–H and O–H groups in total. The molecule has 1 amide bonds. The molecule has 0 bridgehead atoms. The molecular formula is C17H20ClN3OS. The van der Waals surface area contributed by atoms with E-state index in [0.29, 0.717) is 9.90 Å². The van der Waals surface area contributed by atoms with Gasteiger partial charge in [0.05, 0.1) is 5.69 Å². The molecule has 0 spiro atoms. The third-order valence-corrected chi connectivity index (χ3v) is 5.57. The molecule has 2 aromatic rings. The number of benzene rings is 1. The fourth-order valence-electron chi connectivity index (χ4n) is 2.76. The maximum absolute atomic E-state index is 12.5. The number of nitrogens with one attached hydrogen (secondary N) is 1. The van der Waals surface area contributed by atoms with E-state index >= 15 is 0 Å². The van der Waals surface area contributed by atoms with Gasteiger partial charge in [0.25, 0.3) is 5.91 Å². The highest BCUT2D eigenvalue weighted by molar-refractivity contribution is 7.17. The molecule has 2 heterocycles. The minimum atomic E-state index is -0.0113. The Morgan fingerprint density at radius 1 is 1.39 bits per heavy atom. The summed E-state index contributed by atoms with van der Waals surface area (Å²) in [7, 11) is 2.11. The molecule has 1 fully saturated rings. The van der Waals surface area contributed by atoms with Gasteiger partial charge in [-0.05, 0) is 52.0 Å². The lowest BCUT2D eigenvalue weighted by Crippen LogP contribution is -2.43. The SMILES string of the molecule is Cc1nc(-c2cccc(Cl)c2)sc1C(=O)NC1CCN(C)CC1. The molecule has 1 aliphatic heterocycles. The maximum Gasteiger partial charge on any atom is 0.263 e. The Hall–Kier alpha value is -1.43. The topological polar surface area (TPSA) is 45.2 Å². The monoisotopic (exact) mass is 349 g/mol. The van der Waals surface area contributed by atoms with E-state index in [9.17, 15) is 4.79 Å². The maximum atomic E-state index is 12.5. The number of halogens is 1. The Labute approximate surface area is 145 Å². The first-order chi connectivity index (χ1) is 11.0. The molecule has 4 nitrogen and oxygen atoms in total. The Morgan fingerprint density at radius 2 is 2.13 bits per heavy atom. The molecule has 0 atom stereocenters. The molecule has 1 aliphatic rings. The molecular weight excluding hydrogens is 330 g/mol. The van der Waals surface area contributed by atoms with Crippen molar-refractivity contribution in [2.24, 2.45) is 0 Å². The Kier molecular flexibility index (Phi) is 4.99. The summed E-state index contributed by atoms with van der Waals surface area (Å²) in [6.07, 6.45) is 2.00. The van der Waals surface area contributed by atoms with Crippen molar-refractivity contribution in [1.29, 1.82) is 0 Å². The van der Waals surface area contributed by atoms with E-state index in [2.05, 4.69) is 22.2 Å². The van der Waals surface area contributed by atoms with Crippen LogP contribution in [-0.2, 0) is 0 Å². The summed E-state index contributed by atoms with van der Waals surface area (Å²) in [4.78, 5) is 20.1. The number of hydrogen-bond acceptors (Lipinski definition) is 4. The number of aryl methyl sites for hydroxylation is 1. The zero-order chi connectivity index (χ0) is 16.4. The molecule has 122 valence electrons. The molecule has 0 unspecified atom stereocenters. The quantitative estimate of drug-likeness (QED) is 0.920. The second-order valence-corrected chi connectivity index (χ2v) is 7.43. The van der Waals surface area contributed by atoms with E-state index in [0.717, 1.165) is 42.2 Å². The number of likely N-dealkylation sites (tertiary alicyclic amines) is 1. The zero-order valence-corrected chi connectivity index (χ0v) is 14.9. The van der Waals surface area contributed by atoms with Crippen molar-refractivity contribution < 1.29 is 4.79 Å². The second kappa shape index (κ2) is 6.99. The number of nitrogens with zero attached hydrogens (tertiary/aromatic N) is 2. The Bertz CT molecular complexity index is 708. The van der Waals surface area contributed by atoms with Gasteiger partial charge >= 0.3 is 0 Å². The molecule has 1 aromatic heterocycles. The van der Waals surface area contributed by atoms with Crippen LogP contribution in [0.3, 0.4) is 0 Å². The first-order valence-corrected chi connectivity index (χ1v) is 8.95. The van der Waals surface area contributed by atoms with Gasteiger partial charge < -0.3 is 10.2 Å². The first-order valence-electron chi connectivity index (χ1n) is 7.75. The Balaban J connectivity index is 1.74. The second-order valence-electron chi connectivity index (χ2n) is 5.99. The fourth-order valence-corrected chi connectivity index (χ4v) is 3.91. The van der Waals surface area contributed by atoms with Gasteiger partial charge in [-0.3, -0.25) is 4.79 Å². The van der Waals surface area contributed by atoms with Crippen molar-refractivity contribution in [2.45, 2.75) is 25.8 Å². The molecule has 0 radical (unpaired) electrons. The highest BCUT2D eigenvalue weighted by atomic mass is 35.5. The van der Waals surface area contributed by atoms with Crippen molar-refractivity contribution in [2.75, 3.05) is 20.1 Å². The smallest absolute Gasteiger partial charge is 0.263 e. The van der Waals surface area contributed by atoms with E-state index < -0.39 is 0 Å². The van der Waals surface area contributed by atoms with Crippen LogP contribution in [0.25, 0.3) is 10.6 Å². The van der Waals surface area contributed by atoms with E-state index in [4.69, 9.17) is 11.6 Å².